The molecule has 0 radical (unpaired) electrons. The van der Waals surface area contributed by atoms with Crippen molar-refractivity contribution < 1.29 is 9.47 Å². The standard InChI is InChI=1S/C19H21Cl2NO2/c1-3-23-16-10-12-8-9-22-19(14(12)11-17(16)24-4-2)13-6-5-7-15(20)18(13)21/h5-7,10-11,19,22H,3-4,8-9H2,1-2H3. The van der Waals surface area contributed by atoms with Crippen LogP contribution < -0.4 is 14.8 Å². The van der Waals surface area contributed by atoms with E-state index in [1.54, 1.807) is 6.07 Å². The SMILES string of the molecule is CCOc1cc2c(cc1OCC)C(c1cccc(Cl)c1Cl)NCC2. The summed E-state index contributed by atoms with van der Waals surface area (Å²) in [5.41, 5.74) is 3.40. The summed E-state index contributed by atoms with van der Waals surface area (Å²) in [5.74, 6) is 1.57. The molecule has 0 aliphatic carbocycles. The zero-order valence-corrected chi connectivity index (χ0v) is 15.4. The minimum Gasteiger partial charge on any atom is -0.490 e. The summed E-state index contributed by atoms with van der Waals surface area (Å²) < 4.78 is 11.5. The van der Waals surface area contributed by atoms with E-state index in [4.69, 9.17) is 32.7 Å². The van der Waals surface area contributed by atoms with Gasteiger partial charge in [-0.2, -0.15) is 0 Å². The van der Waals surface area contributed by atoms with Gasteiger partial charge in [0.05, 0.1) is 29.3 Å². The largest absolute Gasteiger partial charge is 0.490 e. The average molecular weight is 366 g/mol. The van der Waals surface area contributed by atoms with E-state index < -0.39 is 0 Å². The summed E-state index contributed by atoms with van der Waals surface area (Å²) in [6, 6.07) is 9.90. The average Bonchev–Trinajstić information content (AvgIpc) is 2.58. The van der Waals surface area contributed by atoms with Crippen molar-refractivity contribution >= 4 is 23.2 Å². The van der Waals surface area contributed by atoms with Gasteiger partial charge in [0.1, 0.15) is 0 Å². The molecule has 0 aromatic heterocycles. The van der Waals surface area contributed by atoms with Crippen LogP contribution in [0.3, 0.4) is 0 Å². The van der Waals surface area contributed by atoms with Crippen molar-refractivity contribution in [1.82, 2.24) is 5.32 Å². The van der Waals surface area contributed by atoms with Crippen LogP contribution in [-0.2, 0) is 6.42 Å². The topological polar surface area (TPSA) is 30.5 Å². The Balaban J connectivity index is 2.09. The van der Waals surface area contributed by atoms with Crippen LogP contribution >= 0.6 is 23.2 Å². The maximum atomic E-state index is 6.45. The van der Waals surface area contributed by atoms with Gasteiger partial charge in [-0.25, -0.2) is 0 Å². The van der Waals surface area contributed by atoms with E-state index in [0.717, 1.165) is 35.6 Å². The number of nitrogens with one attached hydrogen (secondary N) is 1. The fraction of sp³-hybridized carbons (Fsp3) is 0.368. The van der Waals surface area contributed by atoms with Gasteiger partial charge in [-0.1, -0.05) is 35.3 Å². The van der Waals surface area contributed by atoms with Crippen molar-refractivity contribution in [2.45, 2.75) is 26.3 Å². The van der Waals surface area contributed by atoms with Crippen molar-refractivity contribution in [1.29, 1.82) is 0 Å². The van der Waals surface area contributed by atoms with Gasteiger partial charge < -0.3 is 14.8 Å². The molecule has 1 aliphatic heterocycles. The maximum Gasteiger partial charge on any atom is 0.161 e. The van der Waals surface area contributed by atoms with Crippen LogP contribution in [0.4, 0.5) is 0 Å². The number of ether oxygens (including phenoxy) is 2. The lowest BCUT2D eigenvalue weighted by molar-refractivity contribution is 0.286. The van der Waals surface area contributed by atoms with Crippen LogP contribution in [0, 0.1) is 0 Å². The van der Waals surface area contributed by atoms with Crippen LogP contribution in [0.25, 0.3) is 0 Å². The van der Waals surface area contributed by atoms with Crippen molar-refractivity contribution in [3.63, 3.8) is 0 Å². The number of rotatable bonds is 5. The van der Waals surface area contributed by atoms with E-state index >= 15 is 0 Å². The highest BCUT2D eigenvalue weighted by atomic mass is 35.5. The summed E-state index contributed by atoms with van der Waals surface area (Å²) >= 11 is 12.7. The monoisotopic (exact) mass is 365 g/mol. The molecule has 1 heterocycles. The van der Waals surface area contributed by atoms with Crippen molar-refractivity contribution in [3.05, 3.63) is 57.1 Å². The van der Waals surface area contributed by atoms with Gasteiger partial charge in [0.15, 0.2) is 11.5 Å². The molecule has 0 fully saturated rings. The predicted molar refractivity (Wildman–Crippen MR) is 98.8 cm³/mol. The first kappa shape index (κ1) is 17.4. The van der Waals surface area contributed by atoms with Gasteiger partial charge in [-0.3, -0.25) is 0 Å². The van der Waals surface area contributed by atoms with Crippen LogP contribution in [0.2, 0.25) is 10.0 Å². The number of halogens is 2. The van der Waals surface area contributed by atoms with Gasteiger partial charge in [-0.15, -0.1) is 0 Å². The van der Waals surface area contributed by atoms with E-state index in [1.165, 1.54) is 5.56 Å². The highest BCUT2D eigenvalue weighted by Crippen LogP contribution is 2.40. The molecule has 24 heavy (non-hydrogen) atoms. The smallest absolute Gasteiger partial charge is 0.161 e. The van der Waals surface area contributed by atoms with E-state index in [0.29, 0.717) is 23.3 Å². The lowest BCUT2D eigenvalue weighted by Crippen LogP contribution is -2.31. The van der Waals surface area contributed by atoms with E-state index in [2.05, 4.69) is 17.4 Å². The van der Waals surface area contributed by atoms with Gasteiger partial charge in [0.2, 0.25) is 0 Å². The van der Waals surface area contributed by atoms with Gasteiger partial charge >= 0.3 is 0 Å². The van der Waals surface area contributed by atoms with Crippen molar-refractivity contribution in [2.24, 2.45) is 0 Å². The molecule has 0 amide bonds. The Morgan fingerprint density at radius 1 is 1.04 bits per heavy atom. The number of benzene rings is 2. The van der Waals surface area contributed by atoms with Crippen LogP contribution in [0.5, 0.6) is 11.5 Å². The molecule has 3 rings (SSSR count). The minimum absolute atomic E-state index is 0.00478. The zero-order chi connectivity index (χ0) is 17.1. The lowest BCUT2D eigenvalue weighted by atomic mass is 9.89. The third kappa shape index (κ3) is 3.34. The molecule has 0 spiro atoms. The summed E-state index contributed by atoms with van der Waals surface area (Å²) in [7, 11) is 0. The minimum atomic E-state index is -0.00478. The fourth-order valence-electron chi connectivity index (χ4n) is 3.12. The van der Waals surface area contributed by atoms with Gasteiger partial charge in [0, 0.05) is 6.54 Å². The fourth-order valence-corrected chi connectivity index (χ4v) is 3.54. The Morgan fingerprint density at radius 3 is 2.46 bits per heavy atom. The van der Waals surface area contributed by atoms with Gasteiger partial charge in [-0.05, 0) is 55.2 Å². The normalized spacial score (nSPS) is 16.6. The first-order valence-corrected chi connectivity index (χ1v) is 9.01. The van der Waals surface area contributed by atoms with Gasteiger partial charge in [0.25, 0.3) is 0 Å². The van der Waals surface area contributed by atoms with E-state index in [9.17, 15) is 0 Å². The summed E-state index contributed by atoms with van der Waals surface area (Å²) in [5, 5.41) is 4.70. The van der Waals surface area contributed by atoms with E-state index in [-0.39, 0.29) is 6.04 Å². The quantitative estimate of drug-likeness (QED) is 0.806. The number of hydrogen-bond donors (Lipinski definition) is 1. The highest BCUT2D eigenvalue weighted by molar-refractivity contribution is 6.42. The third-order valence-electron chi connectivity index (χ3n) is 4.15. The number of hydrogen-bond acceptors (Lipinski definition) is 3. The second kappa shape index (κ2) is 7.64. The molecule has 5 heteroatoms. The predicted octanol–water partition coefficient (Wildman–Crippen LogP) is 5.03. The summed E-state index contributed by atoms with van der Waals surface area (Å²) in [6.07, 6.45) is 0.941. The molecule has 2 aromatic carbocycles. The highest BCUT2D eigenvalue weighted by Gasteiger charge is 2.26. The number of fused-ring (bicyclic) bond motifs is 1. The molecule has 1 aliphatic rings. The molecule has 0 saturated carbocycles. The first-order valence-electron chi connectivity index (χ1n) is 8.25. The molecule has 128 valence electrons. The van der Waals surface area contributed by atoms with Crippen molar-refractivity contribution in [3.8, 4) is 11.5 Å². The van der Waals surface area contributed by atoms with Crippen LogP contribution in [-0.4, -0.2) is 19.8 Å². The molecule has 2 aromatic rings. The van der Waals surface area contributed by atoms with E-state index in [1.807, 2.05) is 26.0 Å². The summed E-state index contributed by atoms with van der Waals surface area (Å²) in [4.78, 5) is 0. The third-order valence-corrected chi connectivity index (χ3v) is 4.99. The molecular formula is C19H21Cl2NO2. The Kier molecular flexibility index (Phi) is 5.54. The first-order chi connectivity index (χ1) is 11.7. The Bertz CT molecular complexity index is 734. The molecule has 1 unspecified atom stereocenters. The van der Waals surface area contributed by atoms with Crippen molar-refractivity contribution in [2.75, 3.05) is 19.8 Å². The molecule has 3 nitrogen and oxygen atoms in total. The Hall–Kier alpha value is -1.42. The molecule has 1 atom stereocenters. The lowest BCUT2D eigenvalue weighted by Gasteiger charge is -2.29. The molecule has 1 N–H and O–H groups in total. The molecular weight excluding hydrogens is 345 g/mol. The second-order valence-electron chi connectivity index (χ2n) is 5.64. The van der Waals surface area contributed by atoms with Crippen LogP contribution in [0.15, 0.2) is 30.3 Å². The maximum absolute atomic E-state index is 6.45. The second-order valence-corrected chi connectivity index (χ2v) is 6.43. The molecule has 0 bridgehead atoms. The van der Waals surface area contributed by atoms with Crippen LogP contribution in [0.1, 0.15) is 36.6 Å². The Morgan fingerprint density at radius 2 is 1.75 bits per heavy atom. The summed E-state index contributed by atoms with van der Waals surface area (Å²) in [6.45, 7) is 6.03. The zero-order valence-electron chi connectivity index (χ0n) is 13.9. The molecule has 0 saturated heterocycles. The Labute approximate surface area is 152 Å².